The molecule has 1 aromatic carbocycles. The fraction of sp³-hybridized carbons (Fsp3) is 0.214. The molecule has 0 aliphatic rings. The van der Waals surface area contributed by atoms with Crippen molar-refractivity contribution < 1.29 is 4.74 Å². The summed E-state index contributed by atoms with van der Waals surface area (Å²) in [6, 6.07) is 8.14. The molecule has 0 saturated carbocycles. The average molecular weight is 307 g/mol. The van der Waals surface area contributed by atoms with Crippen molar-refractivity contribution >= 4 is 21.6 Å². The fourth-order valence-corrected chi connectivity index (χ4v) is 2.11. The Bertz CT molecular complexity index is 543. The predicted molar refractivity (Wildman–Crippen MR) is 77.0 cm³/mol. The van der Waals surface area contributed by atoms with Gasteiger partial charge in [-0.2, -0.15) is 0 Å². The normalized spacial score (nSPS) is 10.2. The fourth-order valence-electron chi connectivity index (χ4n) is 1.69. The molecular weight excluding hydrogens is 292 g/mol. The summed E-state index contributed by atoms with van der Waals surface area (Å²) in [6.45, 7) is 2.76. The molecule has 2 rings (SSSR count). The van der Waals surface area contributed by atoms with Gasteiger partial charge in [0.15, 0.2) is 0 Å². The number of rotatable bonds is 4. The van der Waals surface area contributed by atoms with Crippen LogP contribution < -0.4 is 10.1 Å². The molecule has 0 unspecified atom stereocenters. The van der Waals surface area contributed by atoms with E-state index in [2.05, 4.69) is 32.3 Å². The van der Waals surface area contributed by atoms with Gasteiger partial charge in [-0.25, -0.2) is 0 Å². The van der Waals surface area contributed by atoms with Crippen LogP contribution in [0.25, 0.3) is 0 Å². The topological polar surface area (TPSA) is 34.1 Å². The van der Waals surface area contributed by atoms with Gasteiger partial charge in [0.2, 0.25) is 0 Å². The lowest BCUT2D eigenvalue weighted by atomic mass is 10.2. The lowest BCUT2D eigenvalue weighted by molar-refractivity contribution is 0.416. The molecule has 0 saturated heterocycles. The molecule has 0 fully saturated rings. The third-order valence-electron chi connectivity index (χ3n) is 2.60. The maximum Gasteiger partial charge on any atom is 0.142 e. The summed E-state index contributed by atoms with van der Waals surface area (Å²) < 4.78 is 6.33. The number of benzene rings is 1. The number of nitrogens with zero attached hydrogens (tertiary/aromatic N) is 1. The van der Waals surface area contributed by atoms with E-state index in [1.807, 2.05) is 31.3 Å². The second kappa shape index (κ2) is 5.87. The quantitative estimate of drug-likeness (QED) is 0.933. The van der Waals surface area contributed by atoms with Crippen molar-refractivity contribution in [3.8, 4) is 5.75 Å². The number of hydrogen-bond acceptors (Lipinski definition) is 3. The zero-order chi connectivity index (χ0) is 13.0. The lowest BCUT2D eigenvalue weighted by Crippen LogP contribution is -2.02. The molecule has 1 aromatic heterocycles. The maximum absolute atomic E-state index is 5.35. The van der Waals surface area contributed by atoms with Crippen LogP contribution in [0.15, 0.2) is 41.1 Å². The van der Waals surface area contributed by atoms with Crippen LogP contribution in [0.3, 0.4) is 0 Å². The van der Waals surface area contributed by atoms with Gasteiger partial charge in [-0.3, -0.25) is 4.98 Å². The lowest BCUT2D eigenvalue weighted by Gasteiger charge is -2.11. The Labute approximate surface area is 115 Å². The number of hydrogen-bond donors (Lipinski definition) is 1. The highest BCUT2D eigenvalue weighted by Crippen LogP contribution is 2.25. The highest BCUT2D eigenvalue weighted by Gasteiger charge is 2.03. The van der Waals surface area contributed by atoms with Crippen LogP contribution in [0.2, 0.25) is 0 Å². The first-order valence-corrected chi connectivity index (χ1v) is 6.46. The minimum absolute atomic E-state index is 0.714. The van der Waals surface area contributed by atoms with E-state index in [1.54, 1.807) is 13.3 Å². The van der Waals surface area contributed by atoms with Crippen LogP contribution in [0.1, 0.15) is 11.1 Å². The Kier molecular flexibility index (Phi) is 4.20. The zero-order valence-corrected chi connectivity index (χ0v) is 12.0. The van der Waals surface area contributed by atoms with Crippen molar-refractivity contribution in [2.24, 2.45) is 0 Å². The van der Waals surface area contributed by atoms with Crippen molar-refractivity contribution in [2.45, 2.75) is 13.5 Å². The van der Waals surface area contributed by atoms with Gasteiger partial charge in [-0.15, -0.1) is 0 Å². The molecule has 0 aliphatic carbocycles. The van der Waals surface area contributed by atoms with Crippen molar-refractivity contribution in [3.05, 3.63) is 52.3 Å². The molecule has 0 amide bonds. The van der Waals surface area contributed by atoms with Gasteiger partial charge < -0.3 is 10.1 Å². The first-order chi connectivity index (χ1) is 8.69. The number of anilines is 1. The molecule has 0 aliphatic heterocycles. The Hall–Kier alpha value is -1.55. The highest BCUT2D eigenvalue weighted by atomic mass is 79.9. The average Bonchev–Trinajstić information content (AvgIpc) is 2.37. The molecule has 0 spiro atoms. The van der Waals surface area contributed by atoms with Crippen LogP contribution in [0.4, 0.5) is 5.69 Å². The van der Waals surface area contributed by atoms with E-state index in [-0.39, 0.29) is 0 Å². The third-order valence-corrected chi connectivity index (χ3v) is 3.04. The summed E-state index contributed by atoms with van der Waals surface area (Å²) in [5.41, 5.74) is 3.29. The molecule has 4 heteroatoms. The Morgan fingerprint density at radius 1 is 1.28 bits per heavy atom. The van der Waals surface area contributed by atoms with E-state index < -0.39 is 0 Å². The second-order valence-corrected chi connectivity index (χ2v) is 4.98. The number of nitrogens with one attached hydrogen (secondary N) is 1. The first kappa shape index (κ1) is 12.9. The standard InChI is InChI=1S/C14H15BrN2O/c1-10-3-4-13(14(5-10)18-2)17-8-11-6-12(15)9-16-7-11/h3-7,9,17H,8H2,1-2H3. The minimum atomic E-state index is 0.714. The van der Waals surface area contributed by atoms with Crippen molar-refractivity contribution in [3.63, 3.8) is 0 Å². The summed E-state index contributed by atoms with van der Waals surface area (Å²) >= 11 is 3.41. The molecule has 0 atom stereocenters. The predicted octanol–water partition coefficient (Wildman–Crippen LogP) is 3.77. The smallest absolute Gasteiger partial charge is 0.142 e. The van der Waals surface area contributed by atoms with Gasteiger partial charge in [0, 0.05) is 23.4 Å². The summed E-state index contributed by atoms with van der Waals surface area (Å²) in [6.07, 6.45) is 3.62. The summed E-state index contributed by atoms with van der Waals surface area (Å²) in [7, 11) is 1.68. The third kappa shape index (κ3) is 3.23. The number of aryl methyl sites for hydroxylation is 1. The van der Waals surface area contributed by atoms with Crippen LogP contribution >= 0.6 is 15.9 Å². The number of aromatic nitrogens is 1. The maximum atomic E-state index is 5.35. The second-order valence-electron chi connectivity index (χ2n) is 4.07. The van der Waals surface area contributed by atoms with Crippen LogP contribution in [0.5, 0.6) is 5.75 Å². The van der Waals surface area contributed by atoms with E-state index in [1.165, 1.54) is 5.56 Å². The van der Waals surface area contributed by atoms with E-state index in [0.717, 1.165) is 21.5 Å². The molecule has 18 heavy (non-hydrogen) atoms. The molecule has 2 aromatic rings. The SMILES string of the molecule is COc1cc(C)ccc1NCc1cncc(Br)c1. The highest BCUT2D eigenvalue weighted by molar-refractivity contribution is 9.10. The van der Waals surface area contributed by atoms with Crippen LogP contribution in [0, 0.1) is 6.92 Å². The van der Waals surface area contributed by atoms with Gasteiger partial charge in [0.25, 0.3) is 0 Å². The first-order valence-electron chi connectivity index (χ1n) is 5.67. The summed E-state index contributed by atoms with van der Waals surface area (Å²) in [5, 5.41) is 3.35. The van der Waals surface area contributed by atoms with Gasteiger partial charge >= 0.3 is 0 Å². The van der Waals surface area contributed by atoms with E-state index >= 15 is 0 Å². The Balaban J connectivity index is 2.10. The zero-order valence-electron chi connectivity index (χ0n) is 10.4. The largest absolute Gasteiger partial charge is 0.495 e. The monoisotopic (exact) mass is 306 g/mol. The minimum Gasteiger partial charge on any atom is -0.495 e. The number of pyridine rings is 1. The van der Waals surface area contributed by atoms with Gasteiger partial charge in [0.05, 0.1) is 12.8 Å². The summed E-state index contributed by atoms with van der Waals surface area (Å²) in [4.78, 5) is 4.14. The number of halogens is 1. The number of methoxy groups -OCH3 is 1. The molecule has 1 N–H and O–H groups in total. The van der Waals surface area contributed by atoms with E-state index in [4.69, 9.17) is 4.74 Å². The van der Waals surface area contributed by atoms with Crippen molar-refractivity contribution in [1.82, 2.24) is 4.98 Å². The molecule has 1 heterocycles. The van der Waals surface area contributed by atoms with Gasteiger partial charge in [0.1, 0.15) is 5.75 Å². The Morgan fingerprint density at radius 2 is 2.11 bits per heavy atom. The molecule has 3 nitrogen and oxygen atoms in total. The van der Waals surface area contributed by atoms with E-state index in [0.29, 0.717) is 6.54 Å². The molecular formula is C14H15BrN2O. The van der Waals surface area contributed by atoms with Crippen molar-refractivity contribution in [2.75, 3.05) is 12.4 Å². The Morgan fingerprint density at radius 3 is 2.83 bits per heavy atom. The van der Waals surface area contributed by atoms with Gasteiger partial charge in [-0.05, 0) is 52.2 Å². The molecule has 94 valence electrons. The van der Waals surface area contributed by atoms with Crippen LogP contribution in [-0.4, -0.2) is 12.1 Å². The van der Waals surface area contributed by atoms with Crippen molar-refractivity contribution in [1.29, 1.82) is 0 Å². The van der Waals surface area contributed by atoms with Crippen LogP contribution in [-0.2, 0) is 6.54 Å². The molecule has 0 bridgehead atoms. The number of ether oxygens (including phenoxy) is 1. The molecule has 0 radical (unpaired) electrons. The van der Waals surface area contributed by atoms with E-state index in [9.17, 15) is 0 Å². The van der Waals surface area contributed by atoms with Gasteiger partial charge in [-0.1, -0.05) is 6.07 Å². The summed E-state index contributed by atoms with van der Waals surface area (Å²) in [5.74, 6) is 0.859.